The number of nitro groups is 1. The Balaban J connectivity index is 2.59. The van der Waals surface area contributed by atoms with Crippen LogP contribution in [0.1, 0.15) is 12.5 Å². The zero-order chi connectivity index (χ0) is 16.5. The molecule has 0 saturated carbocycles. The van der Waals surface area contributed by atoms with E-state index in [4.69, 9.17) is 9.47 Å². The first-order valence-corrected chi connectivity index (χ1v) is 6.69. The minimum absolute atomic E-state index is 0.0878. The molecule has 0 spiro atoms. The number of amides is 1. The Hall–Kier alpha value is -2.41. The zero-order valence-corrected chi connectivity index (χ0v) is 13.0. The second-order valence-corrected chi connectivity index (χ2v) is 5.54. The molecule has 0 radical (unpaired) electrons. The Morgan fingerprint density at radius 3 is 2.68 bits per heavy atom. The van der Waals surface area contributed by atoms with Crippen LogP contribution in [0, 0.1) is 10.1 Å². The van der Waals surface area contributed by atoms with Crippen LogP contribution in [0.15, 0.2) is 24.3 Å². The quantitative estimate of drug-likeness (QED) is 0.626. The number of methoxy groups -OCH3 is 1. The number of rotatable bonds is 4. The molecule has 1 aliphatic heterocycles. The highest BCUT2D eigenvalue weighted by atomic mass is 16.6. The van der Waals surface area contributed by atoms with Gasteiger partial charge in [-0.05, 0) is 19.1 Å². The molecule has 1 aliphatic rings. The van der Waals surface area contributed by atoms with Gasteiger partial charge in [0.25, 0.3) is 11.6 Å². The summed E-state index contributed by atoms with van der Waals surface area (Å²) in [7, 11) is 4.80. The summed E-state index contributed by atoms with van der Waals surface area (Å²) in [5.41, 5.74) is -0.107. The number of benzene rings is 1. The van der Waals surface area contributed by atoms with E-state index in [-0.39, 0.29) is 18.2 Å². The van der Waals surface area contributed by atoms with Gasteiger partial charge in [-0.3, -0.25) is 14.9 Å². The standard InChI is InChI=1S/C15H18N2O5/c1-15(9-21-4)8-12(14(18)16(2)3)11-7-10(17(19)20)5-6-13(11)22-15/h5-8H,9H2,1-4H3. The lowest BCUT2D eigenvalue weighted by Crippen LogP contribution is -2.39. The van der Waals surface area contributed by atoms with Gasteiger partial charge in [0.1, 0.15) is 11.4 Å². The van der Waals surface area contributed by atoms with E-state index in [1.54, 1.807) is 34.2 Å². The van der Waals surface area contributed by atoms with Crippen molar-refractivity contribution in [3.05, 3.63) is 40.0 Å². The number of ether oxygens (including phenoxy) is 2. The molecule has 1 amide bonds. The molecule has 22 heavy (non-hydrogen) atoms. The normalized spacial score (nSPS) is 19.7. The number of likely N-dealkylation sites (N-methyl/N-ethyl adjacent to an activating group) is 1. The van der Waals surface area contributed by atoms with Crippen molar-refractivity contribution in [2.45, 2.75) is 12.5 Å². The molecular formula is C15H18N2O5. The number of carbonyl (C=O) groups excluding carboxylic acids is 1. The van der Waals surface area contributed by atoms with Crippen LogP contribution < -0.4 is 4.74 Å². The Bertz CT molecular complexity index is 653. The number of hydrogen-bond donors (Lipinski definition) is 0. The monoisotopic (exact) mass is 306 g/mol. The van der Waals surface area contributed by atoms with Gasteiger partial charge in [-0.2, -0.15) is 0 Å². The largest absolute Gasteiger partial charge is 0.480 e. The van der Waals surface area contributed by atoms with E-state index in [9.17, 15) is 14.9 Å². The van der Waals surface area contributed by atoms with Crippen molar-refractivity contribution in [3.8, 4) is 5.75 Å². The molecule has 0 bridgehead atoms. The third kappa shape index (κ3) is 2.94. The van der Waals surface area contributed by atoms with Gasteiger partial charge < -0.3 is 14.4 Å². The second kappa shape index (κ2) is 5.76. The van der Waals surface area contributed by atoms with E-state index >= 15 is 0 Å². The fraction of sp³-hybridized carbons (Fsp3) is 0.400. The highest BCUT2D eigenvalue weighted by Gasteiger charge is 2.34. The van der Waals surface area contributed by atoms with Crippen LogP contribution in [0.25, 0.3) is 5.57 Å². The van der Waals surface area contributed by atoms with Crippen molar-refractivity contribution in [2.75, 3.05) is 27.8 Å². The van der Waals surface area contributed by atoms with Crippen molar-refractivity contribution in [3.63, 3.8) is 0 Å². The average Bonchev–Trinajstić information content (AvgIpc) is 2.44. The van der Waals surface area contributed by atoms with E-state index in [1.807, 2.05) is 0 Å². The van der Waals surface area contributed by atoms with E-state index in [2.05, 4.69) is 0 Å². The molecule has 0 aromatic heterocycles. The summed E-state index contributed by atoms with van der Waals surface area (Å²) in [4.78, 5) is 24.3. The van der Waals surface area contributed by atoms with Crippen molar-refractivity contribution >= 4 is 17.2 Å². The predicted octanol–water partition coefficient (Wildman–Crippen LogP) is 1.86. The van der Waals surface area contributed by atoms with Crippen LogP contribution in [-0.4, -0.2) is 49.1 Å². The summed E-state index contributed by atoms with van der Waals surface area (Å²) >= 11 is 0. The topological polar surface area (TPSA) is 81.9 Å². The highest BCUT2D eigenvalue weighted by Crippen LogP contribution is 2.38. The SMILES string of the molecule is COCC1(C)C=C(C(=O)N(C)C)c2cc([N+](=O)[O-])ccc2O1. The molecule has 7 heteroatoms. The molecule has 118 valence electrons. The minimum Gasteiger partial charge on any atom is -0.480 e. The maximum atomic E-state index is 12.4. The highest BCUT2D eigenvalue weighted by molar-refractivity contribution is 6.20. The van der Waals surface area contributed by atoms with E-state index in [0.717, 1.165) is 0 Å². The summed E-state index contributed by atoms with van der Waals surface area (Å²) in [6, 6.07) is 4.22. The van der Waals surface area contributed by atoms with E-state index < -0.39 is 10.5 Å². The Morgan fingerprint density at radius 2 is 2.14 bits per heavy atom. The van der Waals surface area contributed by atoms with Crippen LogP contribution in [0.2, 0.25) is 0 Å². The van der Waals surface area contributed by atoms with Crippen LogP contribution in [0.5, 0.6) is 5.75 Å². The molecule has 1 atom stereocenters. The molecule has 1 heterocycles. The minimum atomic E-state index is -0.807. The van der Waals surface area contributed by atoms with Gasteiger partial charge in [-0.25, -0.2) is 0 Å². The molecule has 7 nitrogen and oxygen atoms in total. The van der Waals surface area contributed by atoms with Gasteiger partial charge in [-0.15, -0.1) is 0 Å². The number of hydrogen-bond acceptors (Lipinski definition) is 5. The molecule has 0 fully saturated rings. The van der Waals surface area contributed by atoms with Crippen molar-refractivity contribution in [2.24, 2.45) is 0 Å². The smallest absolute Gasteiger partial charge is 0.270 e. The third-order valence-electron chi connectivity index (χ3n) is 3.32. The van der Waals surface area contributed by atoms with Gasteiger partial charge in [0, 0.05) is 38.9 Å². The Kier molecular flexibility index (Phi) is 4.18. The number of nitro benzene ring substituents is 1. The number of non-ortho nitro benzene ring substituents is 1. The van der Waals surface area contributed by atoms with Crippen molar-refractivity contribution < 1.29 is 19.2 Å². The number of nitrogens with zero attached hydrogens (tertiary/aromatic N) is 2. The maximum Gasteiger partial charge on any atom is 0.270 e. The first-order valence-electron chi connectivity index (χ1n) is 6.69. The summed E-state index contributed by atoms with van der Waals surface area (Å²) in [5.74, 6) is 0.185. The second-order valence-electron chi connectivity index (χ2n) is 5.54. The van der Waals surface area contributed by atoms with Gasteiger partial charge in [0.2, 0.25) is 0 Å². The average molecular weight is 306 g/mol. The molecule has 1 aromatic rings. The third-order valence-corrected chi connectivity index (χ3v) is 3.32. The predicted molar refractivity (Wildman–Crippen MR) is 80.7 cm³/mol. The number of carbonyl (C=O) groups is 1. The van der Waals surface area contributed by atoms with E-state index in [0.29, 0.717) is 16.9 Å². The van der Waals surface area contributed by atoms with Gasteiger partial charge in [-0.1, -0.05) is 0 Å². The van der Waals surface area contributed by atoms with Crippen molar-refractivity contribution in [1.29, 1.82) is 0 Å². The zero-order valence-electron chi connectivity index (χ0n) is 13.0. The van der Waals surface area contributed by atoms with Crippen molar-refractivity contribution in [1.82, 2.24) is 4.90 Å². The molecule has 1 unspecified atom stereocenters. The van der Waals surface area contributed by atoms with Gasteiger partial charge in [0.15, 0.2) is 0 Å². The fourth-order valence-corrected chi connectivity index (χ4v) is 2.37. The lowest BCUT2D eigenvalue weighted by molar-refractivity contribution is -0.384. The lowest BCUT2D eigenvalue weighted by Gasteiger charge is -2.33. The lowest BCUT2D eigenvalue weighted by atomic mass is 9.93. The van der Waals surface area contributed by atoms with Crippen LogP contribution >= 0.6 is 0 Å². The van der Waals surface area contributed by atoms with Crippen LogP contribution in [0.4, 0.5) is 5.69 Å². The summed E-state index contributed by atoms with van der Waals surface area (Å²) < 4.78 is 11.0. The maximum absolute atomic E-state index is 12.4. The molecule has 2 rings (SSSR count). The van der Waals surface area contributed by atoms with Crippen LogP contribution in [0.3, 0.4) is 0 Å². The van der Waals surface area contributed by atoms with E-state index in [1.165, 1.54) is 23.1 Å². The molecule has 0 aliphatic carbocycles. The van der Waals surface area contributed by atoms with Gasteiger partial charge in [0.05, 0.1) is 17.1 Å². The molecular weight excluding hydrogens is 288 g/mol. The molecule has 0 saturated heterocycles. The van der Waals surface area contributed by atoms with Crippen LogP contribution in [-0.2, 0) is 9.53 Å². The summed E-state index contributed by atoms with van der Waals surface area (Å²) in [5, 5.41) is 11.0. The summed E-state index contributed by atoms with van der Waals surface area (Å²) in [6.45, 7) is 2.05. The molecule has 0 N–H and O–H groups in total. The summed E-state index contributed by atoms with van der Waals surface area (Å²) in [6.07, 6.45) is 1.66. The molecule has 1 aromatic carbocycles. The number of fused-ring (bicyclic) bond motifs is 1. The van der Waals surface area contributed by atoms with Gasteiger partial charge >= 0.3 is 0 Å². The Labute approximate surface area is 128 Å². The first kappa shape index (κ1) is 16.0. The Morgan fingerprint density at radius 1 is 1.45 bits per heavy atom. The first-order chi connectivity index (χ1) is 10.3. The fourth-order valence-electron chi connectivity index (χ4n) is 2.37.